The van der Waals surface area contributed by atoms with Gasteiger partial charge in [-0.05, 0) is 24.3 Å². The number of hydrogen-bond acceptors (Lipinski definition) is 5. The molecule has 120 valence electrons. The van der Waals surface area contributed by atoms with Gasteiger partial charge in [-0.3, -0.25) is 9.78 Å². The van der Waals surface area contributed by atoms with Crippen molar-refractivity contribution in [1.82, 2.24) is 15.0 Å². The standard InChI is InChI=1S/C17H11BrFN3O2/c18-12-1-2-22-14(5-12)7-17(23)11-3-13(19)6-15(4-11)24-16-8-20-10-21-9-16/h1-6,8-10H,7H2. The lowest BCUT2D eigenvalue weighted by atomic mass is 10.1. The molecule has 0 atom stereocenters. The van der Waals surface area contributed by atoms with Crippen molar-refractivity contribution in [3.63, 3.8) is 0 Å². The lowest BCUT2D eigenvalue weighted by Gasteiger charge is -2.07. The third-order valence-corrected chi connectivity index (χ3v) is 3.58. The molecule has 0 N–H and O–H groups in total. The first kappa shape index (κ1) is 16.2. The number of pyridine rings is 1. The smallest absolute Gasteiger partial charge is 0.169 e. The van der Waals surface area contributed by atoms with Crippen LogP contribution in [-0.4, -0.2) is 20.7 Å². The molecule has 0 spiro atoms. The Balaban J connectivity index is 1.81. The van der Waals surface area contributed by atoms with E-state index in [9.17, 15) is 9.18 Å². The van der Waals surface area contributed by atoms with Crippen LogP contribution >= 0.6 is 15.9 Å². The lowest BCUT2D eigenvalue weighted by Crippen LogP contribution is -2.06. The van der Waals surface area contributed by atoms with Crippen LogP contribution in [0.25, 0.3) is 0 Å². The topological polar surface area (TPSA) is 65.0 Å². The van der Waals surface area contributed by atoms with E-state index >= 15 is 0 Å². The summed E-state index contributed by atoms with van der Waals surface area (Å²) >= 11 is 3.33. The molecule has 0 saturated heterocycles. The first-order valence-electron chi connectivity index (χ1n) is 6.97. The van der Waals surface area contributed by atoms with E-state index in [1.807, 2.05) is 0 Å². The monoisotopic (exact) mass is 387 g/mol. The third-order valence-electron chi connectivity index (χ3n) is 3.09. The molecule has 2 heterocycles. The summed E-state index contributed by atoms with van der Waals surface area (Å²) in [4.78, 5) is 24.1. The van der Waals surface area contributed by atoms with Crippen LogP contribution in [0.5, 0.6) is 11.5 Å². The highest BCUT2D eigenvalue weighted by Crippen LogP contribution is 2.23. The van der Waals surface area contributed by atoms with Crippen LogP contribution in [-0.2, 0) is 6.42 Å². The fourth-order valence-electron chi connectivity index (χ4n) is 2.07. The SMILES string of the molecule is O=C(Cc1cc(Br)ccn1)c1cc(F)cc(Oc2cncnc2)c1. The molecule has 2 aromatic heterocycles. The van der Waals surface area contributed by atoms with Crippen LogP contribution in [0.15, 0.2) is 59.7 Å². The summed E-state index contributed by atoms with van der Waals surface area (Å²) in [5, 5.41) is 0. The fourth-order valence-corrected chi connectivity index (χ4v) is 2.45. The molecule has 5 nitrogen and oxygen atoms in total. The van der Waals surface area contributed by atoms with E-state index in [0.717, 1.165) is 4.47 Å². The number of benzene rings is 1. The van der Waals surface area contributed by atoms with Crippen LogP contribution in [0.4, 0.5) is 4.39 Å². The van der Waals surface area contributed by atoms with Gasteiger partial charge in [0.15, 0.2) is 11.5 Å². The highest BCUT2D eigenvalue weighted by atomic mass is 79.9. The van der Waals surface area contributed by atoms with Gasteiger partial charge in [-0.15, -0.1) is 0 Å². The van der Waals surface area contributed by atoms with Gasteiger partial charge in [0.1, 0.15) is 17.9 Å². The molecule has 1 aromatic carbocycles. The maximum absolute atomic E-state index is 13.8. The van der Waals surface area contributed by atoms with Gasteiger partial charge in [-0.2, -0.15) is 0 Å². The van der Waals surface area contributed by atoms with Crippen molar-refractivity contribution in [2.75, 3.05) is 0 Å². The molecule has 3 rings (SSSR count). The lowest BCUT2D eigenvalue weighted by molar-refractivity contribution is 0.0991. The molecule has 0 fully saturated rings. The first-order valence-corrected chi connectivity index (χ1v) is 7.76. The van der Waals surface area contributed by atoms with Crippen molar-refractivity contribution < 1.29 is 13.9 Å². The number of rotatable bonds is 5. The zero-order chi connectivity index (χ0) is 16.9. The Bertz CT molecular complexity index is 875. The van der Waals surface area contributed by atoms with Crippen LogP contribution in [0.2, 0.25) is 0 Å². The van der Waals surface area contributed by atoms with E-state index in [1.165, 1.54) is 36.9 Å². The predicted octanol–water partition coefficient (Wildman–Crippen LogP) is 3.99. The van der Waals surface area contributed by atoms with Gasteiger partial charge >= 0.3 is 0 Å². The highest BCUT2D eigenvalue weighted by molar-refractivity contribution is 9.10. The number of carbonyl (C=O) groups excluding carboxylic acids is 1. The van der Waals surface area contributed by atoms with Gasteiger partial charge < -0.3 is 4.74 Å². The predicted molar refractivity (Wildman–Crippen MR) is 88.5 cm³/mol. The minimum atomic E-state index is -0.560. The van der Waals surface area contributed by atoms with Gasteiger partial charge in [0.25, 0.3) is 0 Å². The second kappa shape index (κ2) is 7.27. The Labute approximate surface area is 145 Å². The molecule has 0 radical (unpaired) electrons. The molecule has 3 aromatic rings. The van der Waals surface area contributed by atoms with Gasteiger partial charge in [0, 0.05) is 28.0 Å². The maximum Gasteiger partial charge on any atom is 0.169 e. The van der Waals surface area contributed by atoms with Crippen molar-refractivity contribution in [3.8, 4) is 11.5 Å². The van der Waals surface area contributed by atoms with Gasteiger partial charge in [0.2, 0.25) is 0 Å². The molecule has 0 unspecified atom stereocenters. The van der Waals surface area contributed by atoms with E-state index < -0.39 is 5.82 Å². The maximum atomic E-state index is 13.8. The number of halogens is 2. The molecule has 0 saturated carbocycles. The Morgan fingerprint density at radius 2 is 1.92 bits per heavy atom. The Hall–Kier alpha value is -2.67. The quantitative estimate of drug-likeness (QED) is 0.619. The van der Waals surface area contributed by atoms with E-state index in [2.05, 4.69) is 30.9 Å². The van der Waals surface area contributed by atoms with Crippen LogP contribution in [0.3, 0.4) is 0 Å². The van der Waals surface area contributed by atoms with Gasteiger partial charge in [-0.25, -0.2) is 14.4 Å². The summed E-state index contributed by atoms with van der Waals surface area (Å²) in [7, 11) is 0. The Kier molecular flexibility index (Phi) is 4.90. The third kappa shape index (κ3) is 4.20. The van der Waals surface area contributed by atoms with Crippen LogP contribution < -0.4 is 4.74 Å². The van der Waals surface area contributed by atoms with Gasteiger partial charge in [0.05, 0.1) is 18.8 Å². The minimum Gasteiger partial charge on any atom is -0.454 e. The molecule has 0 amide bonds. The van der Waals surface area contributed by atoms with Crippen molar-refractivity contribution in [2.24, 2.45) is 0 Å². The number of hydrogen-bond donors (Lipinski definition) is 0. The zero-order valence-electron chi connectivity index (χ0n) is 12.3. The summed E-state index contributed by atoms with van der Waals surface area (Å²) in [6, 6.07) is 7.37. The molecule has 0 aliphatic rings. The normalized spacial score (nSPS) is 10.4. The highest BCUT2D eigenvalue weighted by Gasteiger charge is 2.12. The van der Waals surface area contributed by atoms with Gasteiger partial charge in [-0.1, -0.05) is 15.9 Å². The largest absolute Gasteiger partial charge is 0.454 e. The Morgan fingerprint density at radius 1 is 1.12 bits per heavy atom. The molecule has 0 aliphatic heterocycles. The second-order valence-electron chi connectivity index (χ2n) is 4.92. The van der Waals surface area contributed by atoms with Crippen molar-refractivity contribution in [3.05, 3.63) is 76.8 Å². The number of aromatic nitrogens is 3. The summed E-state index contributed by atoms with van der Waals surface area (Å²) in [5.74, 6) is -0.255. The average Bonchev–Trinajstić information content (AvgIpc) is 2.55. The van der Waals surface area contributed by atoms with Crippen molar-refractivity contribution >= 4 is 21.7 Å². The molecule has 0 bridgehead atoms. The minimum absolute atomic E-state index is 0.0663. The first-order chi connectivity index (χ1) is 11.6. The number of ketones is 1. The zero-order valence-corrected chi connectivity index (χ0v) is 13.9. The van der Waals surface area contributed by atoms with Crippen LogP contribution in [0, 0.1) is 5.82 Å². The number of carbonyl (C=O) groups is 1. The van der Waals surface area contributed by atoms with E-state index in [-0.39, 0.29) is 23.5 Å². The summed E-state index contributed by atoms with van der Waals surface area (Å²) in [6.45, 7) is 0. The second-order valence-corrected chi connectivity index (χ2v) is 5.83. The molecular weight excluding hydrogens is 377 g/mol. The number of nitrogens with zero attached hydrogens (tertiary/aromatic N) is 3. The summed E-state index contributed by atoms with van der Waals surface area (Å²) < 4.78 is 20.1. The Morgan fingerprint density at radius 3 is 2.67 bits per heavy atom. The van der Waals surface area contributed by atoms with Crippen molar-refractivity contribution in [1.29, 1.82) is 0 Å². The summed E-state index contributed by atoms with van der Waals surface area (Å²) in [5.41, 5.74) is 0.807. The van der Waals surface area contributed by atoms with E-state index in [0.29, 0.717) is 11.4 Å². The van der Waals surface area contributed by atoms with E-state index in [1.54, 1.807) is 18.3 Å². The molecule has 7 heteroatoms. The van der Waals surface area contributed by atoms with E-state index in [4.69, 9.17) is 4.74 Å². The summed E-state index contributed by atoms with van der Waals surface area (Å²) in [6.07, 6.45) is 5.92. The van der Waals surface area contributed by atoms with Crippen molar-refractivity contribution in [2.45, 2.75) is 6.42 Å². The molecule has 24 heavy (non-hydrogen) atoms. The molecular formula is C17H11BrFN3O2. The van der Waals surface area contributed by atoms with Crippen LogP contribution in [0.1, 0.15) is 16.1 Å². The fraction of sp³-hybridized carbons (Fsp3) is 0.0588. The number of ether oxygens (including phenoxy) is 1. The number of Topliss-reactive ketones (excluding diaryl/α,β-unsaturated/α-hetero) is 1. The molecule has 0 aliphatic carbocycles. The average molecular weight is 388 g/mol.